The van der Waals surface area contributed by atoms with E-state index in [1.807, 2.05) is 23.0 Å². The van der Waals surface area contributed by atoms with Crippen molar-refractivity contribution in [1.82, 2.24) is 4.90 Å². The van der Waals surface area contributed by atoms with Crippen LogP contribution in [0.25, 0.3) is 0 Å². The fraction of sp³-hybridized carbons (Fsp3) is 1.00. The molecule has 1 saturated heterocycles. The molecule has 0 saturated carbocycles. The maximum absolute atomic E-state index is 5.23. The third-order valence-corrected chi connectivity index (χ3v) is 2.64. The Morgan fingerprint density at radius 1 is 1.55 bits per heavy atom. The maximum atomic E-state index is 5.23. The Morgan fingerprint density at radius 2 is 2.18 bits per heavy atom. The van der Waals surface area contributed by atoms with E-state index < -0.39 is 0 Å². The number of halogens is 1. The van der Waals surface area contributed by atoms with Crippen LogP contribution in [0.1, 0.15) is 6.92 Å². The van der Waals surface area contributed by atoms with Crippen LogP contribution >= 0.6 is 23.0 Å². The molecule has 0 bridgehead atoms. The fourth-order valence-electron chi connectivity index (χ4n) is 1.18. The molecule has 0 radical (unpaired) electrons. The first-order valence-corrected chi connectivity index (χ1v) is 4.78. The number of rotatable bonds is 3. The average molecular weight is 271 g/mol. The second-order valence-corrected chi connectivity index (χ2v) is 3.32. The molecular weight excluding hydrogens is 257 g/mol. The largest absolute Gasteiger partial charge is 0.379 e. The van der Waals surface area contributed by atoms with Gasteiger partial charge in [0.15, 0.2) is 0 Å². The van der Waals surface area contributed by atoms with Crippen molar-refractivity contribution in [3.8, 4) is 0 Å². The Kier molecular flexibility index (Phi) is 4.66. The highest BCUT2D eigenvalue weighted by molar-refractivity contribution is 14.1. The maximum Gasteiger partial charge on any atom is 0.110 e. The summed E-state index contributed by atoms with van der Waals surface area (Å²) < 4.78 is 10.4. The predicted octanol–water partition coefficient (Wildman–Crippen LogP) is 1.07. The van der Waals surface area contributed by atoms with Gasteiger partial charge >= 0.3 is 0 Å². The summed E-state index contributed by atoms with van der Waals surface area (Å²) in [5.74, 6) is 0. The van der Waals surface area contributed by atoms with Gasteiger partial charge in [0.2, 0.25) is 0 Å². The number of hydrogen-bond donors (Lipinski definition) is 0. The lowest BCUT2D eigenvalue weighted by molar-refractivity contribution is 0.0265. The van der Waals surface area contributed by atoms with E-state index in [-0.39, 0.29) is 0 Å². The molecule has 0 aromatic rings. The fourth-order valence-corrected chi connectivity index (χ4v) is 1.34. The molecule has 11 heavy (non-hydrogen) atoms. The van der Waals surface area contributed by atoms with Crippen molar-refractivity contribution in [2.75, 3.05) is 32.8 Å². The van der Waals surface area contributed by atoms with Gasteiger partial charge in [0, 0.05) is 19.6 Å². The highest BCUT2D eigenvalue weighted by Crippen LogP contribution is 2.03. The lowest BCUT2D eigenvalue weighted by atomic mass is 10.3. The van der Waals surface area contributed by atoms with Crippen LogP contribution in [0.15, 0.2) is 0 Å². The van der Waals surface area contributed by atoms with Crippen molar-refractivity contribution >= 4 is 23.0 Å². The van der Waals surface area contributed by atoms with Crippen molar-refractivity contribution in [1.29, 1.82) is 0 Å². The molecule has 0 aliphatic carbocycles. The van der Waals surface area contributed by atoms with E-state index in [9.17, 15) is 0 Å². The number of morpholine rings is 1. The van der Waals surface area contributed by atoms with Crippen molar-refractivity contribution in [3.63, 3.8) is 0 Å². The van der Waals surface area contributed by atoms with Gasteiger partial charge in [0.1, 0.15) is 23.0 Å². The minimum absolute atomic E-state index is 0.327. The Labute approximate surface area is 81.7 Å². The second-order valence-electron chi connectivity index (χ2n) is 2.81. The van der Waals surface area contributed by atoms with Crippen LogP contribution in [-0.4, -0.2) is 43.9 Å². The summed E-state index contributed by atoms with van der Waals surface area (Å²) in [4.78, 5) is 2.37. The molecule has 1 rings (SSSR count). The van der Waals surface area contributed by atoms with Gasteiger partial charge in [-0.3, -0.25) is 4.90 Å². The Morgan fingerprint density at radius 3 is 2.73 bits per heavy atom. The van der Waals surface area contributed by atoms with Gasteiger partial charge < -0.3 is 7.80 Å². The highest BCUT2D eigenvalue weighted by Gasteiger charge is 2.12. The van der Waals surface area contributed by atoms with E-state index in [4.69, 9.17) is 7.80 Å². The van der Waals surface area contributed by atoms with E-state index in [0.29, 0.717) is 6.10 Å². The van der Waals surface area contributed by atoms with E-state index in [2.05, 4.69) is 11.8 Å². The van der Waals surface area contributed by atoms with Crippen LogP contribution in [0.2, 0.25) is 0 Å². The van der Waals surface area contributed by atoms with Gasteiger partial charge in [-0.1, -0.05) is 0 Å². The van der Waals surface area contributed by atoms with E-state index in [0.717, 1.165) is 32.8 Å². The van der Waals surface area contributed by atoms with Crippen molar-refractivity contribution in [2.45, 2.75) is 13.0 Å². The van der Waals surface area contributed by atoms with Gasteiger partial charge in [-0.05, 0) is 6.92 Å². The van der Waals surface area contributed by atoms with Crippen LogP contribution < -0.4 is 0 Å². The molecule has 66 valence electrons. The van der Waals surface area contributed by atoms with Gasteiger partial charge in [-0.2, -0.15) is 0 Å². The topological polar surface area (TPSA) is 21.7 Å². The molecule has 4 heteroatoms. The zero-order valence-electron chi connectivity index (χ0n) is 6.75. The normalized spacial score (nSPS) is 23.5. The number of nitrogens with zero attached hydrogens (tertiary/aromatic N) is 1. The molecule has 0 spiro atoms. The SMILES string of the molecule is CC(CN1CCOCC1)OI. The van der Waals surface area contributed by atoms with E-state index in [1.165, 1.54) is 0 Å². The van der Waals surface area contributed by atoms with Gasteiger partial charge in [-0.15, -0.1) is 0 Å². The summed E-state index contributed by atoms with van der Waals surface area (Å²) in [6.07, 6.45) is 0.327. The van der Waals surface area contributed by atoms with Crippen molar-refractivity contribution in [2.24, 2.45) is 0 Å². The molecule has 3 nitrogen and oxygen atoms in total. The lowest BCUT2D eigenvalue weighted by Crippen LogP contribution is -2.40. The summed E-state index contributed by atoms with van der Waals surface area (Å²) in [7, 11) is 0. The summed E-state index contributed by atoms with van der Waals surface area (Å²) >= 11 is 1.95. The van der Waals surface area contributed by atoms with Crippen LogP contribution in [0, 0.1) is 0 Å². The predicted molar refractivity (Wildman–Crippen MR) is 51.8 cm³/mol. The first-order chi connectivity index (χ1) is 5.33. The summed E-state index contributed by atoms with van der Waals surface area (Å²) in [6, 6.07) is 0. The molecule has 1 aliphatic heterocycles. The molecule has 0 aromatic heterocycles. The summed E-state index contributed by atoms with van der Waals surface area (Å²) in [5.41, 5.74) is 0. The third kappa shape index (κ3) is 3.68. The summed E-state index contributed by atoms with van der Waals surface area (Å²) in [6.45, 7) is 6.94. The van der Waals surface area contributed by atoms with Crippen LogP contribution in [0.5, 0.6) is 0 Å². The summed E-state index contributed by atoms with van der Waals surface area (Å²) in [5, 5.41) is 0. The Balaban J connectivity index is 2.13. The molecule has 0 amide bonds. The Bertz CT molecular complexity index is 107. The van der Waals surface area contributed by atoms with Crippen molar-refractivity contribution in [3.05, 3.63) is 0 Å². The molecule has 0 aromatic carbocycles. The number of hydrogen-bond acceptors (Lipinski definition) is 3. The first-order valence-electron chi connectivity index (χ1n) is 3.90. The molecular formula is C7H14INO2. The van der Waals surface area contributed by atoms with Crippen LogP contribution in [0.4, 0.5) is 0 Å². The number of ether oxygens (including phenoxy) is 1. The highest BCUT2D eigenvalue weighted by atomic mass is 127. The first kappa shape index (κ1) is 9.70. The minimum atomic E-state index is 0.327. The zero-order chi connectivity index (χ0) is 8.10. The quantitative estimate of drug-likeness (QED) is 0.717. The minimum Gasteiger partial charge on any atom is -0.379 e. The molecule has 1 fully saturated rings. The second kappa shape index (κ2) is 5.29. The zero-order valence-corrected chi connectivity index (χ0v) is 8.91. The lowest BCUT2D eigenvalue weighted by Gasteiger charge is -2.28. The van der Waals surface area contributed by atoms with Gasteiger partial charge in [0.05, 0.1) is 19.3 Å². The van der Waals surface area contributed by atoms with E-state index >= 15 is 0 Å². The smallest absolute Gasteiger partial charge is 0.110 e. The van der Waals surface area contributed by atoms with Crippen molar-refractivity contribution < 1.29 is 7.80 Å². The van der Waals surface area contributed by atoms with Gasteiger partial charge in [-0.25, -0.2) is 0 Å². The van der Waals surface area contributed by atoms with Crippen LogP contribution in [-0.2, 0) is 7.80 Å². The molecule has 1 heterocycles. The molecule has 1 unspecified atom stereocenters. The molecule has 1 atom stereocenters. The van der Waals surface area contributed by atoms with Gasteiger partial charge in [0.25, 0.3) is 0 Å². The third-order valence-electron chi connectivity index (χ3n) is 1.77. The molecule has 0 N–H and O–H groups in total. The molecule has 1 aliphatic rings. The van der Waals surface area contributed by atoms with Crippen LogP contribution in [0.3, 0.4) is 0 Å². The Hall–Kier alpha value is 0.610. The standard InChI is InChI=1S/C7H14INO2/c1-7(11-8)6-9-2-4-10-5-3-9/h7H,2-6H2,1H3. The van der Waals surface area contributed by atoms with E-state index in [1.54, 1.807) is 0 Å². The average Bonchev–Trinajstić information content (AvgIpc) is 2.06. The monoisotopic (exact) mass is 271 g/mol.